The molecule has 0 bridgehead atoms. The third-order valence-corrected chi connectivity index (χ3v) is 4.35. The number of ether oxygens (including phenoxy) is 1. The SMILES string of the molecule is CO/C(Nc1ccncc1)=C1\C(C)=C([N+](=O)[O-])NC(C(=O)O)c2ccccc21. The van der Waals surface area contributed by atoms with Crippen molar-refractivity contribution in [3.63, 3.8) is 0 Å². The number of carboxylic acids is 1. The molecule has 0 spiro atoms. The number of nitrogens with zero attached hydrogens (tertiary/aromatic N) is 2. The predicted octanol–water partition coefficient (Wildman–Crippen LogP) is 2.75. The highest BCUT2D eigenvalue weighted by atomic mass is 16.6. The molecule has 9 heteroatoms. The number of nitro groups is 1. The van der Waals surface area contributed by atoms with Gasteiger partial charge in [-0.3, -0.25) is 10.3 Å². The van der Waals surface area contributed by atoms with E-state index in [-0.39, 0.29) is 11.5 Å². The number of rotatable bonds is 5. The zero-order valence-corrected chi connectivity index (χ0v) is 15.2. The van der Waals surface area contributed by atoms with E-state index >= 15 is 0 Å². The van der Waals surface area contributed by atoms with Crippen molar-refractivity contribution < 1.29 is 19.6 Å². The fourth-order valence-electron chi connectivity index (χ4n) is 3.08. The molecule has 144 valence electrons. The summed E-state index contributed by atoms with van der Waals surface area (Å²) >= 11 is 0. The number of carboxylic acid groups (broad SMARTS) is 1. The fraction of sp³-hybridized carbons (Fsp3) is 0.158. The summed E-state index contributed by atoms with van der Waals surface area (Å²) in [6, 6.07) is 8.91. The summed E-state index contributed by atoms with van der Waals surface area (Å²) in [6.45, 7) is 1.55. The van der Waals surface area contributed by atoms with Gasteiger partial charge in [-0.2, -0.15) is 0 Å². The van der Waals surface area contributed by atoms with Gasteiger partial charge in [-0.25, -0.2) is 4.79 Å². The topological polar surface area (TPSA) is 127 Å². The Labute approximate surface area is 160 Å². The maximum absolute atomic E-state index is 11.8. The van der Waals surface area contributed by atoms with Gasteiger partial charge in [0.15, 0.2) is 5.88 Å². The number of hydrogen-bond donors (Lipinski definition) is 3. The lowest BCUT2D eigenvalue weighted by molar-refractivity contribution is -0.433. The van der Waals surface area contributed by atoms with Crippen LogP contribution in [0.2, 0.25) is 0 Å². The molecule has 3 rings (SSSR count). The highest BCUT2D eigenvalue weighted by molar-refractivity contribution is 5.88. The molecule has 1 aliphatic heterocycles. The Morgan fingerprint density at radius 3 is 2.57 bits per heavy atom. The minimum atomic E-state index is -1.27. The minimum absolute atomic E-state index is 0.250. The second-order valence-corrected chi connectivity index (χ2v) is 6.00. The first kappa shape index (κ1) is 18.9. The molecule has 28 heavy (non-hydrogen) atoms. The number of aromatic nitrogens is 1. The van der Waals surface area contributed by atoms with Crippen molar-refractivity contribution in [2.24, 2.45) is 0 Å². The number of methoxy groups -OCH3 is 1. The van der Waals surface area contributed by atoms with Crippen molar-refractivity contribution in [1.29, 1.82) is 0 Å². The van der Waals surface area contributed by atoms with Gasteiger partial charge in [0.05, 0.1) is 18.3 Å². The smallest absolute Gasteiger partial charge is 0.353 e. The lowest BCUT2D eigenvalue weighted by atomic mass is 9.93. The predicted molar refractivity (Wildman–Crippen MR) is 101 cm³/mol. The van der Waals surface area contributed by atoms with E-state index < -0.39 is 22.8 Å². The Morgan fingerprint density at radius 2 is 1.96 bits per heavy atom. The van der Waals surface area contributed by atoms with Crippen LogP contribution in [0.3, 0.4) is 0 Å². The number of pyridine rings is 1. The van der Waals surface area contributed by atoms with E-state index in [9.17, 15) is 20.0 Å². The van der Waals surface area contributed by atoms with Gasteiger partial charge in [0, 0.05) is 23.6 Å². The molecule has 0 amide bonds. The number of fused-ring (bicyclic) bond motifs is 1. The van der Waals surface area contributed by atoms with E-state index in [0.29, 0.717) is 22.4 Å². The molecule has 1 aromatic heterocycles. The van der Waals surface area contributed by atoms with Gasteiger partial charge in [-0.15, -0.1) is 0 Å². The Morgan fingerprint density at radius 1 is 1.29 bits per heavy atom. The highest BCUT2D eigenvalue weighted by Gasteiger charge is 2.36. The number of nitrogens with one attached hydrogen (secondary N) is 2. The number of hydrogen-bond acceptors (Lipinski definition) is 7. The van der Waals surface area contributed by atoms with E-state index in [1.54, 1.807) is 55.7 Å². The summed E-state index contributed by atoms with van der Waals surface area (Å²) < 4.78 is 5.52. The monoisotopic (exact) mass is 382 g/mol. The van der Waals surface area contributed by atoms with Gasteiger partial charge in [-0.05, 0) is 29.5 Å². The first-order valence-electron chi connectivity index (χ1n) is 8.33. The van der Waals surface area contributed by atoms with Crippen molar-refractivity contribution in [3.05, 3.63) is 87.3 Å². The lowest BCUT2D eigenvalue weighted by Crippen LogP contribution is -2.30. The summed E-state index contributed by atoms with van der Waals surface area (Å²) in [4.78, 5) is 26.8. The van der Waals surface area contributed by atoms with Crippen molar-refractivity contribution in [1.82, 2.24) is 10.3 Å². The van der Waals surface area contributed by atoms with Crippen LogP contribution in [0.5, 0.6) is 0 Å². The molecule has 0 saturated carbocycles. The first-order valence-corrected chi connectivity index (χ1v) is 8.33. The number of anilines is 1. The van der Waals surface area contributed by atoms with Gasteiger partial charge in [-0.1, -0.05) is 24.3 Å². The molecule has 0 saturated heterocycles. The Hall–Kier alpha value is -3.88. The molecule has 3 N–H and O–H groups in total. The molecule has 0 fully saturated rings. The largest absolute Gasteiger partial charge is 0.482 e. The molecule has 9 nitrogen and oxygen atoms in total. The molecule has 1 unspecified atom stereocenters. The summed E-state index contributed by atoms with van der Waals surface area (Å²) in [5.74, 6) is -1.37. The van der Waals surface area contributed by atoms with Gasteiger partial charge >= 0.3 is 11.8 Å². The number of allylic oxidation sites excluding steroid dienone is 2. The minimum Gasteiger partial charge on any atom is -0.482 e. The maximum atomic E-state index is 11.8. The van der Waals surface area contributed by atoms with Crippen LogP contribution in [0.15, 0.2) is 66.1 Å². The van der Waals surface area contributed by atoms with Crippen LogP contribution in [0.1, 0.15) is 24.1 Å². The van der Waals surface area contributed by atoms with E-state index in [1.807, 2.05) is 0 Å². The average Bonchev–Trinajstić information content (AvgIpc) is 2.81. The Bertz CT molecular complexity index is 985. The van der Waals surface area contributed by atoms with Crippen LogP contribution in [0.25, 0.3) is 5.57 Å². The van der Waals surface area contributed by atoms with Crippen molar-refractivity contribution >= 4 is 17.2 Å². The second-order valence-electron chi connectivity index (χ2n) is 6.00. The third kappa shape index (κ3) is 3.50. The zero-order valence-electron chi connectivity index (χ0n) is 15.2. The molecular formula is C19H18N4O5. The number of benzene rings is 1. The van der Waals surface area contributed by atoms with Crippen LogP contribution in [0.4, 0.5) is 5.69 Å². The summed E-state index contributed by atoms with van der Waals surface area (Å²) in [5.41, 5.74) is 2.24. The van der Waals surface area contributed by atoms with Crippen molar-refractivity contribution in [2.75, 3.05) is 12.4 Å². The highest BCUT2D eigenvalue weighted by Crippen LogP contribution is 2.37. The van der Waals surface area contributed by atoms with Gasteiger partial charge in [0.2, 0.25) is 6.04 Å². The normalized spacial score (nSPS) is 17.7. The Balaban J connectivity index is 2.30. The standard InChI is InChI=1S/C19H18N4O5/c1-11-15(18(28-2)21-12-7-9-20-10-8-12)13-5-3-4-6-14(13)16(19(24)25)22-17(11)23(26)27/h3-10,16,22H,1-2H3,(H,20,21)(H,24,25)/b18-15+. The average molecular weight is 382 g/mol. The summed E-state index contributed by atoms with van der Waals surface area (Å²) in [5, 5.41) is 26.9. The van der Waals surface area contributed by atoms with Crippen LogP contribution in [-0.4, -0.2) is 28.1 Å². The van der Waals surface area contributed by atoms with E-state index in [2.05, 4.69) is 15.6 Å². The van der Waals surface area contributed by atoms with Crippen LogP contribution < -0.4 is 10.6 Å². The number of aliphatic carboxylic acids is 1. The van der Waals surface area contributed by atoms with Crippen molar-refractivity contribution in [3.8, 4) is 0 Å². The van der Waals surface area contributed by atoms with Crippen molar-refractivity contribution in [2.45, 2.75) is 13.0 Å². The fourth-order valence-corrected chi connectivity index (χ4v) is 3.08. The van der Waals surface area contributed by atoms with Crippen LogP contribution >= 0.6 is 0 Å². The van der Waals surface area contributed by atoms with Crippen LogP contribution in [0, 0.1) is 10.1 Å². The van der Waals surface area contributed by atoms with Gasteiger partial charge in [0.1, 0.15) is 0 Å². The third-order valence-electron chi connectivity index (χ3n) is 4.35. The Kier molecular flexibility index (Phi) is 5.25. The van der Waals surface area contributed by atoms with E-state index in [0.717, 1.165) is 0 Å². The summed E-state index contributed by atoms with van der Waals surface area (Å²) in [7, 11) is 1.44. The zero-order chi connectivity index (χ0) is 20.3. The number of carbonyl (C=O) groups is 1. The quantitative estimate of drug-likeness (QED) is 0.409. The lowest BCUT2D eigenvalue weighted by Gasteiger charge is -2.17. The van der Waals surface area contributed by atoms with E-state index in [1.165, 1.54) is 7.11 Å². The first-order chi connectivity index (χ1) is 13.4. The molecule has 2 aromatic rings. The maximum Gasteiger partial charge on any atom is 0.353 e. The molecule has 1 aromatic carbocycles. The van der Waals surface area contributed by atoms with E-state index in [4.69, 9.17) is 4.74 Å². The second kappa shape index (κ2) is 7.78. The molecule has 2 heterocycles. The molecule has 1 atom stereocenters. The molecular weight excluding hydrogens is 364 g/mol. The molecule has 1 aliphatic rings. The van der Waals surface area contributed by atoms with Gasteiger partial charge in [0.25, 0.3) is 0 Å². The molecule has 0 aliphatic carbocycles. The molecule has 0 radical (unpaired) electrons. The van der Waals surface area contributed by atoms with Crippen LogP contribution in [-0.2, 0) is 9.53 Å². The van der Waals surface area contributed by atoms with Gasteiger partial charge < -0.3 is 25.3 Å². The summed E-state index contributed by atoms with van der Waals surface area (Å²) in [6.07, 6.45) is 3.18.